The lowest BCUT2D eigenvalue weighted by atomic mass is 9.93. The van der Waals surface area contributed by atoms with Crippen LogP contribution in [0.3, 0.4) is 0 Å². The second-order valence-corrected chi connectivity index (χ2v) is 9.07. The van der Waals surface area contributed by atoms with E-state index in [0.29, 0.717) is 18.4 Å². The first-order chi connectivity index (χ1) is 14.9. The van der Waals surface area contributed by atoms with E-state index in [1.165, 1.54) is 39.3 Å². The molecule has 0 radical (unpaired) electrons. The van der Waals surface area contributed by atoms with Crippen molar-refractivity contribution in [1.82, 2.24) is 4.90 Å². The Kier molecular flexibility index (Phi) is 6.30. The molecule has 0 N–H and O–H groups in total. The Balaban J connectivity index is 1.64. The molecule has 2 aromatic carbocycles. The van der Waals surface area contributed by atoms with Crippen molar-refractivity contribution in [2.45, 2.75) is 41.2 Å². The van der Waals surface area contributed by atoms with Crippen LogP contribution in [0.2, 0.25) is 0 Å². The zero-order valence-corrected chi connectivity index (χ0v) is 18.4. The van der Waals surface area contributed by atoms with Crippen molar-refractivity contribution in [2.75, 3.05) is 14.1 Å². The molecule has 1 aliphatic carbocycles. The lowest BCUT2D eigenvalue weighted by Crippen LogP contribution is -2.32. The number of ether oxygens (including phenoxy) is 1. The number of carbonyl (C=O) groups is 2. The van der Waals surface area contributed by atoms with E-state index in [4.69, 9.17) is 4.74 Å². The van der Waals surface area contributed by atoms with Crippen LogP contribution < -0.4 is 5.11 Å². The van der Waals surface area contributed by atoms with E-state index in [0.717, 1.165) is 11.6 Å². The molecular weight excluding hydrogens is 410 g/mol. The van der Waals surface area contributed by atoms with E-state index in [2.05, 4.69) is 36.4 Å². The number of rotatable bonds is 7. The fourth-order valence-corrected chi connectivity index (χ4v) is 4.76. The van der Waals surface area contributed by atoms with Gasteiger partial charge in [-0.15, -0.1) is 0 Å². The third kappa shape index (κ3) is 5.09. The maximum atomic E-state index is 12.0. The van der Waals surface area contributed by atoms with Gasteiger partial charge in [0.25, 0.3) is 0 Å². The highest BCUT2D eigenvalue weighted by atomic mass is 32.2. The molecular formula is C25H24NO4S-. The minimum absolute atomic E-state index is 0.472. The summed E-state index contributed by atoms with van der Waals surface area (Å²) in [5.74, 6) is -1.48. The van der Waals surface area contributed by atoms with Crippen molar-refractivity contribution >= 4 is 29.3 Å². The lowest BCUT2D eigenvalue weighted by Gasteiger charge is -2.25. The molecule has 1 atom stereocenters. The minimum atomic E-state index is -1.43. The number of carboxylic acids is 1. The zero-order valence-electron chi connectivity index (χ0n) is 17.5. The van der Waals surface area contributed by atoms with Crippen molar-refractivity contribution in [3.8, 4) is 0 Å². The van der Waals surface area contributed by atoms with Crippen LogP contribution >= 0.6 is 11.8 Å². The summed E-state index contributed by atoms with van der Waals surface area (Å²) in [6, 6.07) is 15.1. The van der Waals surface area contributed by atoms with E-state index < -0.39 is 18.2 Å². The molecule has 160 valence electrons. The molecule has 4 rings (SSSR count). The summed E-state index contributed by atoms with van der Waals surface area (Å²) < 4.78 is 5.46. The summed E-state index contributed by atoms with van der Waals surface area (Å²) in [5.41, 5.74) is 4.91. The molecule has 0 bridgehead atoms. The van der Waals surface area contributed by atoms with Gasteiger partial charge in [0.15, 0.2) is 6.23 Å². The molecule has 2 aromatic rings. The molecule has 0 amide bonds. The molecule has 1 aliphatic heterocycles. The van der Waals surface area contributed by atoms with Gasteiger partial charge in [0, 0.05) is 22.3 Å². The topological polar surface area (TPSA) is 69.7 Å². The van der Waals surface area contributed by atoms with Crippen LogP contribution in [0.15, 0.2) is 70.5 Å². The SMILES string of the molecule is CN(C)C(C/C=C1\c2ccccc2Sc2ccc(C3CC3)cc21)OC(=O)/C=C\C(=O)[O-]. The number of aliphatic carboxylic acids is 1. The van der Waals surface area contributed by atoms with Crippen LogP contribution in [-0.2, 0) is 14.3 Å². The predicted molar refractivity (Wildman–Crippen MR) is 118 cm³/mol. The number of carbonyl (C=O) groups excluding carboxylic acids is 2. The van der Waals surface area contributed by atoms with Gasteiger partial charge in [-0.25, -0.2) is 4.79 Å². The quantitative estimate of drug-likeness (QED) is 0.322. The Hall–Kier alpha value is -2.83. The average molecular weight is 435 g/mol. The molecule has 2 aliphatic rings. The van der Waals surface area contributed by atoms with Gasteiger partial charge >= 0.3 is 5.97 Å². The van der Waals surface area contributed by atoms with Crippen LogP contribution in [0.4, 0.5) is 0 Å². The second kappa shape index (κ2) is 9.12. The summed E-state index contributed by atoms with van der Waals surface area (Å²) >= 11 is 1.78. The highest BCUT2D eigenvalue weighted by Crippen LogP contribution is 2.48. The highest BCUT2D eigenvalue weighted by molar-refractivity contribution is 7.99. The normalized spacial score (nSPS) is 17.5. The largest absolute Gasteiger partial charge is 0.545 e. The third-order valence-electron chi connectivity index (χ3n) is 5.45. The van der Waals surface area contributed by atoms with Crippen molar-refractivity contribution in [3.05, 3.63) is 77.4 Å². The molecule has 1 fully saturated rings. The fourth-order valence-electron chi connectivity index (χ4n) is 3.67. The lowest BCUT2D eigenvalue weighted by molar-refractivity contribution is -0.297. The Morgan fingerprint density at radius 2 is 1.87 bits per heavy atom. The molecule has 1 unspecified atom stereocenters. The Morgan fingerprint density at radius 1 is 1.13 bits per heavy atom. The molecule has 1 heterocycles. The van der Waals surface area contributed by atoms with Crippen molar-refractivity contribution in [1.29, 1.82) is 0 Å². The summed E-state index contributed by atoms with van der Waals surface area (Å²) in [5, 5.41) is 10.5. The van der Waals surface area contributed by atoms with Gasteiger partial charge in [0.1, 0.15) is 0 Å². The van der Waals surface area contributed by atoms with Gasteiger partial charge in [-0.3, -0.25) is 4.90 Å². The zero-order chi connectivity index (χ0) is 22.0. The van der Waals surface area contributed by atoms with Crippen LogP contribution in [-0.4, -0.2) is 37.2 Å². The van der Waals surface area contributed by atoms with Crippen LogP contribution in [0.5, 0.6) is 0 Å². The Morgan fingerprint density at radius 3 is 2.58 bits per heavy atom. The number of carboxylic acid groups (broad SMARTS) is 1. The predicted octanol–water partition coefficient (Wildman–Crippen LogP) is 3.59. The smallest absolute Gasteiger partial charge is 0.332 e. The van der Waals surface area contributed by atoms with Crippen LogP contribution in [0.1, 0.15) is 41.9 Å². The Bertz CT molecular complexity index is 1070. The molecule has 0 spiro atoms. The van der Waals surface area contributed by atoms with E-state index in [1.807, 2.05) is 26.2 Å². The van der Waals surface area contributed by atoms with Gasteiger partial charge in [-0.2, -0.15) is 0 Å². The summed E-state index contributed by atoms with van der Waals surface area (Å²) in [7, 11) is 3.64. The number of fused-ring (bicyclic) bond motifs is 2. The number of benzene rings is 2. The highest BCUT2D eigenvalue weighted by Gasteiger charge is 2.27. The first-order valence-electron chi connectivity index (χ1n) is 10.3. The molecule has 0 saturated heterocycles. The molecule has 1 saturated carbocycles. The maximum Gasteiger partial charge on any atom is 0.332 e. The van der Waals surface area contributed by atoms with Crippen LogP contribution in [0.25, 0.3) is 5.57 Å². The van der Waals surface area contributed by atoms with Crippen molar-refractivity contribution in [3.63, 3.8) is 0 Å². The summed E-state index contributed by atoms with van der Waals surface area (Å²) in [4.78, 5) is 26.8. The van der Waals surface area contributed by atoms with E-state index in [1.54, 1.807) is 16.7 Å². The Labute approximate surface area is 186 Å². The third-order valence-corrected chi connectivity index (χ3v) is 6.60. The number of esters is 1. The summed E-state index contributed by atoms with van der Waals surface area (Å²) in [6.45, 7) is 0. The first kappa shape index (κ1) is 21.4. The maximum absolute atomic E-state index is 12.0. The standard InChI is InChI=1S/C25H25NO4S/c1-26(2)23(30-25(29)14-13-24(27)28)12-10-18-19-5-3-4-6-21(19)31-22-11-9-17(15-20(18)22)16-7-8-16/h3-6,9-11,13-16,23H,7-8,12H2,1-2H3,(H,27,28)/p-1/b14-13-,18-10+. The summed E-state index contributed by atoms with van der Waals surface area (Å²) in [6.07, 6.45) is 6.12. The second-order valence-electron chi connectivity index (χ2n) is 7.99. The first-order valence-corrected chi connectivity index (χ1v) is 11.1. The number of hydrogen-bond acceptors (Lipinski definition) is 6. The van der Waals surface area contributed by atoms with Gasteiger partial charge in [0.05, 0.1) is 5.97 Å². The van der Waals surface area contributed by atoms with Crippen molar-refractivity contribution < 1.29 is 19.4 Å². The van der Waals surface area contributed by atoms with E-state index in [9.17, 15) is 14.7 Å². The van der Waals surface area contributed by atoms with E-state index >= 15 is 0 Å². The van der Waals surface area contributed by atoms with Crippen LogP contribution in [0, 0.1) is 0 Å². The van der Waals surface area contributed by atoms with Gasteiger partial charge < -0.3 is 14.6 Å². The minimum Gasteiger partial charge on any atom is -0.545 e. The fraction of sp³-hybridized carbons (Fsp3) is 0.280. The number of hydrogen-bond donors (Lipinski definition) is 0. The van der Waals surface area contributed by atoms with E-state index in [-0.39, 0.29) is 0 Å². The molecule has 31 heavy (non-hydrogen) atoms. The average Bonchev–Trinajstić information content (AvgIpc) is 3.59. The molecule has 0 aromatic heterocycles. The molecule has 6 heteroatoms. The van der Waals surface area contributed by atoms with Gasteiger partial charge in [-0.05, 0) is 79.4 Å². The van der Waals surface area contributed by atoms with Gasteiger partial charge in [-0.1, -0.05) is 42.1 Å². The monoisotopic (exact) mass is 434 g/mol. The number of nitrogens with zero attached hydrogens (tertiary/aromatic N) is 1. The molecule has 5 nitrogen and oxygen atoms in total. The van der Waals surface area contributed by atoms with Crippen molar-refractivity contribution in [2.24, 2.45) is 0 Å². The van der Waals surface area contributed by atoms with Gasteiger partial charge in [0.2, 0.25) is 0 Å².